The molecular formula is C17H33NO4. The highest BCUT2D eigenvalue weighted by Gasteiger charge is 2.43. The molecule has 130 valence electrons. The predicted molar refractivity (Wildman–Crippen MR) is 88.0 cm³/mol. The van der Waals surface area contributed by atoms with E-state index in [1.165, 1.54) is 0 Å². The minimum Gasteiger partial charge on any atom is -0.481 e. The van der Waals surface area contributed by atoms with Crippen LogP contribution < -0.4 is 0 Å². The van der Waals surface area contributed by atoms with Crippen molar-refractivity contribution in [2.45, 2.75) is 79.8 Å². The summed E-state index contributed by atoms with van der Waals surface area (Å²) in [5, 5.41) is 18.9. The maximum Gasteiger partial charge on any atom is 0.310 e. The van der Waals surface area contributed by atoms with Crippen molar-refractivity contribution in [1.82, 2.24) is 4.90 Å². The highest BCUT2D eigenvalue weighted by Crippen LogP contribution is 2.36. The first-order chi connectivity index (χ1) is 9.69. The average Bonchev–Trinajstić information content (AvgIpc) is 2.33. The van der Waals surface area contributed by atoms with E-state index in [-0.39, 0.29) is 6.04 Å². The first kappa shape index (κ1) is 20.9. The summed E-state index contributed by atoms with van der Waals surface area (Å²) in [6, 6.07) is 0.129. The topological polar surface area (TPSA) is 77.8 Å². The Labute approximate surface area is 134 Å². The molecule has 0 radical (unpaired) electrons. The van der Waals surface area contributed by atoms with Gasteiger partial charge in [-0.1, -0.05) is 6.92 Å². The van der Waals surface area contributed by atoms with Crippen LogP contribution in [-0.2, 0) is 9.59 Å². The highest BCUT2D eigenvalue weighted by molar-refractivity contribution is 5.74. The van der Waals surface area contributed by atoms with Gasteiger partial charge in [0.05, 0.1) is 10.8 Å². The van der Waals surface area contributed by atoms with Gasteiger partial charge in [0.25, 0.3) is 0 Å². The number of nitrogens with zero attached hydrogens (tertiary/aromatic N) is 1. The molecule has 0 saturated heterocycles. The van der Waals surface area contributed by atoms with E-state index in [0.717, 1.165) is 0 Å². The van der Waals surface area contributed by atoms with Crippen LogP contribution in [0.5, 0.6) is 0 Å². The van der Waals surface area contributed by atoms with Gasteiger partial charge in [0.1, 0.15) is 0 Å². The number of aliphatic carboxylic acids is 2. The smallest absolute Gasteiger partial charge is 0.310 e. The Morgan fingerprint density at radius 2 is 1.45 bits per heavy atom. The molecular weight excluding hydrogens is 282 g/mol. The van der Waals surface area contributed by atoms with E-state index < -0.39 is 28.3 Å². The maximum absolute atomic E-state index is 11.6. The maximum atomic E-state index is 11.6. The molecule has 22 heavy (non-hydrogen) atoms. The zero-order valence-corrected chi connectivity index (χ0v) is 15.4. The summed E-state index contributed by atoms with van der Waals surface area (Å²) < 4.78 is 0. The lowest BCUT2D eigenvalue weighted by atomic mass is 9.77. The van der Waals surface area contributed by atoms with E-state index in [4.69, 9.17) is 0 Å². The lowest BCUT2D eigenvalue weighted by Crippen LogP contribution is -2.55. The summed E-state index contributed by atoms with van der Waals surface area (Å²) in [5.74, 6) is -1.64. The highest BCUT2D eigenvalue weighted by atomic mass is 16.4. The minimum absolute atomic E-state index is 0.129. The first-order valence-electron chi connectivity index (χ1n) is 7.93. The zero-order valence-electron chi connectivity index (χ0n) is 15.4. The SMILES string of the molecule is CCC(C)(CN(C(C)C)C(C)(C)CC(C)(C)C(=O)O)C(=O)O. The number of hydrogen-bond donors (Lipinski definition) is 2. The second-order valence-corrected chi connectivity index (χ2v) is 8.12. The van der Waals surface area contributed by atoms with Crippen LogP contribution in [0.2, 0.25) is 0 Å². The molecule has 5 nitrogen and oxygen atoms in total. The summed E-state index contributed by atoms with van der Waals surface area (Å²) in [6.07, 6.45) is 0.983. The summed E-state index contributed by atoms with van der Waals surface area (Å²) in [6.45, 7) is 15.5. The quantitative estimate of drug-likeness (QED) is 0.681. The normalized spacial score (nSPS) is 15.9. The van der Waals surface area contributed by atoms with Crippen LogP contribution in [0.3, 0.4) is 0 Å². The fourth-order valence-corrected chi connectivity index (χ4v) is 3.06. The molecule has 5 heteroatoms. The third-order valence-corrected chi connectivity index (χ3v) is 4.67. The van der Waals surface area contributed by atoms with Gasteiger partial charge in [-0.3, -0.25) is 14.5 Å². The molecule has 1 unspecified atom stereocenters. The van der Waals surface area contributed by atoms with Crippen molar-refractivity contribution < 1.29 is 19.8 Å². The van der Waals surface area contributed by atoms with Gasteiger partial charge in [0.2, 0.25) is 0 Å². The van der Waals surface area contributed by atoms with E-state index in [0.29, 0.717) is 19.4 Å². The van der Waals surface area contributed by atoms with Crippen molar-refractivity contribution in [2.24, 2.45) is 10.8 Å². The van der Waals surface area contributed by atoms with Gasteiger partial charge in [-0.05, 0) is 61.3 Å². The Morgan fingerprint density at radius 3 is 1.73 bits per heavy atom. The molecule has 0 aromatic rings. The van der Waals surface area contributed by atoms with Crippen LogP contribution in [0, 0.1) is 10.8 Å². The largest absolute Gasteiger partial charge is 0.481 e. The Bertz CT molecular complexity index is 415. The number of hydrogen-bond acceptors (Lipinski definition) is 3. The van der Waals surface area contributed by atoms with Crippen molar-refractivity contribution in [3.8, 4) is 0 Å². The zero-order chi connectivity index (χ0) is 17.9. The summed E-state index contributed by atoms with van der Waals surface area (Å²) in [5.41, 5.74) is -2.11. The Balaban J connectivity index is 5.49. The fourth-order valence-electron chi connectivity index (χ4n) is 3.06. The lowest BCUT2D eigenvalue weighted by molar-refractivity contribution is -0.154. The molecule has 0 aliphatic rings. The average molecular weight is 315 g/mol. The van der Waals surface area contributed by atoms with Crippen LogP contribution in [-0.4, -0.2) is 45.2 Å². The molecule has 0 rings (SSSR count). The van der Waals surface area contributed by atoms with Crippen molar-refractivity contribution in [3.63, 3.8) is 0 Å². The van der Waals surface area contributed by atoms with E-state index in [2.05, 4.69) is 4.90 Å². The standard InChI is InChI=1S/C17H33NO4/c1-9-17(8,14(21)22)11-18(12(2)3)16(6,7)10-15(4,5)13(19)20/h12H,9-11H2,1-8H3,(H,19,20)(H,21,22). The first-order valence-corrected chi connectivity index (χ1v) is 7.93. The Hall–Kier alpha value is -1.10. The van der Waals surface area contributed by atoms with Crippen molar-refractivity contribution in [2.75, 3.05) is 6.54 Å². The predicted octanol–water partition coefficient (Wildman–Crippen LogP) is 3.48. The molecule has 0 fully saturated rings. The Kier molecular flexibility index (Phi) is 6.64. The molecule has 0 bridgehead atoms. The van der Waals surface area contributed by atoms with E-state index in [9.17, 15) is 19.8 Å². The van der Waals surface area contributed by atoms with Crippen molar-refractivity contribution >= 4 is 11.9 Å². The molecule has 2 N–H and O–H groups in total. The monoisotopic (exact) mass is 315 g/mol. The molecule has 1 atom stereocenters. The molecule has 0 saturated carbocycles. The molecule has 0 aliphatic heterocycles. The molecule has 0 aromatic heterocycles. The lowest BCUT2D eigenvalue weighted by Gasteiger charge is -2.47. The third-order valence-electron chi connectivity index (χ3n) is 4.67. The van der Waals surface area contributed by atoms with Crippen molar-refractivity contribution in [1.29, 1.82) is 0 Å². The van der Waals surface area contributed by atoms with Crippen molar-refractivity contribution in [3.05, 3.63) is 0 Å². The third kappa shape index (κ3) is 4.97. The summed E-state index contributed by atoms with van der Waals surface area (Å²) >= 11 is 0. The second-order valence-electron chi connectivity index (χ2n) is 8.12. The van der Waals surface area contributed by atoms with Crippen LogP contribution in [0.4, 0.5) is 0 Å². The molecule has 0 amide bonds. The number of carboxylic acid groups (broad SMARTS) is 2. The van der Waals surface area contributed by atoms with Gasteiger partial charge in [0, 0.05) is 18.1 Å². The van der Waals surface area contributed by atoms with E-state index >= 15 is 0 Å². The van der Waals surface area contributed by atoms with E-state index in [1.54, 1.807) is 20.8 Å². The second kappa shape index (κ2) is 6.99. The van der Waals surface area contributed by atoms with E-state index in [1.807, 2.05) is 34.6 Å². The van der Waals surface area contributed by atoms with Crippen LogP contribution in [0.25, 0.3) is 0 Å². The number of rotatable bonds is 9. The van der Waals surface area contributed by atoms with Gasteiger partial charge in [0.15, 0.2) is 0 Å². The van der Waals surface area contributed by atoms with Crippen LogP contribution >= 0.6 is 0 Å². The fraction of sp³-hybridized carbons (Fsp3) is 0.882. The summed E-state index contributed by atoms with van der Waals surface area (Å²) in [7, 11) is 0. The minimum atomic E-state index is -0.859. The molecule has 0 aliphatic carbocycles. The van der Waals surface area contributed by atoms with Gasteiger partial charge in [-0.15, -0.1) is 0 Å². The summed E-state index contributed by atoms with van der Waals surface area (Å²) in [4.78, 5) is 25.2. The van der Waals surface area contributed by atoms with Gasteiger partial charge in [-0.2, -0.15) is 0 Å². The van der Waals surface area contributed by atoms with Gasteiger partial charge >= 0.3 is 11.9 Å². The molecule has 0 heterocycles. The van der Waals surface area contributed by atoms with Crippen LogP contribution in [0.1, 0.15) is 68.2 Å². The number of carboxylic acids is 2. The Morgan fingerprint density at radius 1 is 1.00 bits per heavy atom. The number of carbonyl (C=O) groups is 2. The molecule has 0 spiro atoms. The van der Waals surface area contributed by atoms with Crippen LogP contribution in [0.15, 0.2) is 0 Å². The van der Waals surface area contributed by atoms with Gasteiger partial charge < -0.3 is 10.2 Å². The molecule has 0 aromatic carbocycles. The van der Waals surface area contributed by atoms with Gasteiger partial charge in [-0.25, -0.2) is 0 Å².